The number of amides is 1. The average Bonchev–Trinajstić information content (AvgIpc) is 2.73. The number of unbranched alkanes of at least 4 members (excludes halogenated alkanes) is 1. The molecule has 0 bridgehead atoms. The molecule has 0 aliphatic carbocycles. The molecule has 164 valence electrons. The fourth-order valence-corrected chi connectivity index (χ4v) is 4.88. The van der Waals surface area contributed by atoms with Crippen LogP contribution in [0.3, 0.4) is 0 Å². The van der Waals surface area contributed by atoms with Gasteiger partial charge >= 0.3 is 0 Å². The minimum Gasteiger partial charge on any atom is -0.343 e. The molecule has 30 heavy (non-hydrogen) atoms. The van der Waals surface area contributed by atoms with E-state index in [0.29, 0.717) is 31.7 Å². The normalized spacial score (nSPS) is 11.8. The zero-order valence-electron chi connectivity index (χ0n) is 18.2. The third kappa shape index (κ3) is 4.65. The highest BCUT2D eigenvalue weighted by atomic mass is 32.2. The van der Waals surface area contributed by atoms with Crippen molar-refractivity contribution in [2.75, 3.05) is 26.7 Å². The summed E-state index contributed by atoms with van der Waals surface area (Å²) < 4.78 is 28.9. The second kappa shape index (κ2) is 10.0. The van der Waals surface area contributed by atoms with Crippen LogP contribution in [-0.4, -0.2) is 54.8 Å². The highest BCUT2D eigenvalue weighted by molar-refractivity contribution is 7.89. The number of carbonyl (C=O) groups excluding carboxylic acids is 1. The maximum absolute atomic E-state index is 13.2. The molecule has 0 saturated heterocycles. The molecule has 7 nitrogen and oxygen atoms in total. The van der Waals surface area contributed by atoms with E-state index in [2.05, 4.69) is 6.58 Å². The zero-order valence-corrected chi connectivity index (χ0v) is 19.0. The van der Waals surface area contributed by atoms with Crippen LogP contribution in [-0.2, 0) is 16.6 Å². The van der Waals surface area contributed by atoms with Crippen molar-refractivity contribution in [2.24, 2.45) is 0 Å². The summed E-state index contributed by atoms with van der Waals surface area (Å²) in [6.07, 6.45) is 4.97. The Balaban J connectivity index is 2.72. The van der Waals surface area contributed by atoms with Crippen LogP contribution in [0.25, 0.3) is 10.9 Å². The standard InChI is InChI=1S/C22H31N3O4S/c1-6-10-14-23(5)22(27)19-16-24(13-7-2)20-12-11-17(15-18(20)21(19)26)30(28,29)25(8-3)9-4/h7,11-12,15-16H,2,6,8-10,13-14H2,1,3-5H3. The molecule has 1 aromatic heterocycles. The molecule has 0 fully saturated rings. The Morgan fingerprint density at radius 1 is 1.20 bits per heavy atom. The van der Waals surface area contributed by atoms with Gasteiger partial charge in [-0.25, -0.2) is 8.42 Å². The minimum absolute atomic E-state index is 0.0281. The predicted octanol–water partition coefficient (Wildman–Crippen LogP) is 3.09. The van der Waals surface area contributed by atoms with E-state index in [4.69, 9.17) is 0 Å². The number of rotatable bonds is 10. The van der Waals surface area contributed by atoms with Gasteiger partial charge in [-0.05, 0) is 24.6 Å². The predicted molar refractivity (Wildman–Crippen MR) is 120 cm³/mol. The lowest BCUT2D eigenvalue weighted by Crippen LogP contribution is -2.33. The number of pyridine rings is 1. The molecule has 0 saturated carbocycles. The molecule has 1 amide bonds. The first-order valence-corrected chi connectivity index (χ1v) is 11.7. The van der Waals surface area contributed by atoms with Gasteiger partial charge < -0.3 is 9.47 Å². The van der Waals surface area contributed by atoms with E-state index in [1.807, 2.05) is 6.92 Å². The van der Waals surface area contributed by atoms with Crippen molar-refractivity contribution < 1.29 is 13.2 Å². The highest BCUT2D eigenvalue weighted by Crippen LogP contribution is 2.21. The summed E-state index contributed by atoms with van der Waals surface area (Å²) in [7, 11) is -2.06. The molecule has 2 rings (SSSR count). The maximum atomic E-state index is 13.2. The molecule has 0 radical (unpaired) electrons. The molecular weight excluding hydrogens is 402 g/mol. The van der Waals surface area contributed by atoms with Crippen molar-refractivity contribution in [3.05, 3.63) is 52.8 Å². The third-order valence-electron chi connectivity index (χ3n) is 5.14. The topological polar surface area (TPSA) is 79.7 Å². The maximum Gasteiger partial charge on any atom is 0.259 e. The van der Waals surface area contributed by atoms with E-state index >= 15 is 0 Å². The second-order valence-electron chi connectivity index (χ2n) is 7.16. The Morgan fingerprint density at radius 2 is 1.87 bits per heavy atom. The van der Waals surface area contributed by atoms with Crippen molar-refractivity contribution in [1.82, 2.24) is 13.8 Å². The number of fused-ring (bicyclic) bond motifs is 1. The van der Waals surface area contributed by atoms with Crippen LogP contribution < -0.4 is 5.43 Å². The number of nitrogens with zero attached hydrogens (tertiary/aromatic N) is 3. The van der Waals surface area contributed by atoms with E-state index in [-0.39, 0.29) is 21.8 Å². The third-order valence-corrected chi connectivity index (χ3v) is 7.19. The van der Waals surface area contributed by atoms with Gasteiger partial charge in [-0.2, -0.15) is 4.31 Å². The molecule has 1 aromatic carbocycles. The van der Waals surface area contributed by atoms with Gasteiger partial charge in [0, 0.05) is 44.8 Å². The SMILES string of the molecule is C=CCn1cc(C(=O)N(C)CCCC)c(=O)c2cc(S(=O)(=O)N(CC)CC)ccc21. The fraction of sp³-hybridized carbons (Fsp3) is 0.455. The van der Waals surface area contributed by atoms with Gasteiger partial charge in [0.25, 0.3) is 5.91 Å². The van der Waals surface area contributed by atoms with Crippen LogP contribution >= 0.6 is 0 Å². The largest absolute Gasteiger partial charge is 0.343 e. The lowest BCUT2D eigenvalue weighted by molar-refractivity contribution is 0.0791. The summed E-state index contributed by atoms with van der Waals surface area (Å²) in [5, 5.41) is 0.208. The van der Waals surface area contributed by atoms with E-state index in [9.17, 15) is 18.0 Å². The smallest absolute Gasteiger partial charge is 0.259 e. The van der Waals surface area contributed by atoms with Crippen molar-refractivity contribution in [1.29, 1.82) is 0 Å². The molecule has 1 heterocycles. The molecule has 0 N–H and O–H groups in total. The molecular formula is C22H31N3O4S. The number of hydrogen-bond donors (Lipinski definition) is 0. The van der Waals surface area contributed by atoms with E-state index in [1.54, 1.807) is 37.6 Å². The van der Waals surface area contributed by atoms with Crippen LogP contribution in [0.1, 0.15) is 44.0 Å². The molecule has 0 unspecified atom stereocenters. The molecule has 8 heteroatoms. The molecule has 0 aliphatic rings. The van der Waals surface area contributed by atoms with Crippen molar-refractivity contribution in [2.45, 2.75) is 45.1 Å². The van der Waals surface area contributed by atoms with Crippen molar-refractivity contribution in [3.8, 4) is 0 Å². The van der Waals surface area contributed by atoms with Gasteiger partial charge in [-0.3, -0.25) is 9.59 Å². The van der Waals surface area contributed by atoms with Crippen LogP contribution in [0.5, 0.6) is 0 Å². The molecule has 0 aliphatic heterocycles. The number of carbonyl (C=O) groups is 1. The zero-order chi connectivity index (χ0) is 22.5. The number of sulfonamides is 1. The first kappa shape index (κ1) is 23.8. The van der Waals surface area contributed by atoms with Crippen molar-refractivity contribution >= 4 is 26.8 Å². The lowest BCUT2D eigenvalue weighted by Gasteiger charge is -2.20. The fourth-order valence-electron chi connectivity index (χ4n) is 3.39. The number of aromatic nitrogens is 1. The van der Waals surface area contributed by atoms with Crippen LogP contribution in [0, 0.1) is 0 Å². The van der Waals surface area contributed by atoms with Crippen LogP contribution in [0.2, 0.25) is 0 Å². The average molecular weight is 434 g/mol. The number of hydrogen-bond acceptors (Lipinski definition) is 4. The quantitative estimate of drug-likeness (QED) is 0.539. The summed E-state index contributed by atoms with van der Waals surface area (Å²) in [4.78, 5) is 27.7. The minimum atomic E-state index is -3.73. The Bertz CT molecular complexity index is 1090. The van der Waals surface area contributed by atoms with Gasteiger partial charge in [-0.15, -0.1) is 6.58 Å². The summed E-state index contributed by atoms with van der Waals surface area (Å²) in [6.45, 7) is 10.9. The van der Waals surface area contributed by atoms with Gasteiger partial charge in [0.05, 0.1) is 10.4 Å². The Hall–Kier alpha value is -2.45. The number of allylic oxidation sites excluding steroid dienone is 1. The second-order valence-corrected chi connectivity index (χ2v) is 9.10. The Labute approximate surface area is 178 Å². The first-order valence-electron chi connectivity index (χ1n) is 10.3. The van der Waals surface area contributed by atoms with Gasteiger partial charge in [0.1, 0.15) is 5.56 Å². The van der Waals surface area contributed by atoms with Crippen LogP contribution in [0.4, 0.5) is 0 Å². The summed E-state index contributed by atoms with van der Waals surface area (Å²) in [5.41, 5.74) is 0.127. The van der Waals surface area contributed by atoms with Gasteiger partial charge in [0.15, 0.2) is 0 Å². The molecule has 0 spiro atoms. The highest BCUT2D eigenvalue weighted by Gasteiger charge is 2.24. The van der Waals surface area contributed by atoms with E-state index in [0.717, 1.165) is 12.8 Å². The van der Waals surface area contributed by atoms with E-state index < -0.39 is 15.5 Å². The first-order chi connectivity index (χ1) is 14.2. The number of benzene rings is 1. The molecule has 0 atom stereocenters. The summed E-state index contributed by atoms with van der Waals surface area (Å²) in [6, 6.07) is 4.50. The van der Waals surface area contributed by atoms with E-state index in [1.165, 1.54) is 27.5 Å². The Morgan fingerprint density at radius 3 is 2.43 bits per heavy atom. The van der Waals surface area contributed by atoms with Gasteiger partial charge in [-0.1, -0.05) is 33.3 Å². The monoisotopic (exact) mass is 433 g/mol. The van der Waals surface area contributed by atoms with Crippen LogP contribution in [0.15, 0.2) is 46.7 Å². The lowest BCUT2D eigenvalue weighted by atomic mass is 10.1. The van der Waals surface area contributed by atoms with Gasteiger partial charge in [0.2, 0.25) is 15.5 Å². The van der Waals surface area contributed by atoms with Crippen molar-refractivity contribution in [3.63, 3.8) is 0 Å². The Kier molecular flexibility index (Phi) is 7.97. The summed E-state index contributed by atoms with van der Waals surface area (Å²) in [5.74, 6) is -0.370. The summed E-state index contributed by atoms with van der Waals surface area (Å²) >= 11 is 0. The molecule has 2 aromatic rings.